The fraction of sp³-hybridized carbons (Fsp3) is 0.529. The Balaban J connectivity index is 1.72. The molecule has 0 spiro atoms. The predicted molar refractivity (Wildman–Crippen MR) is 97.1 cm³/mol. The van der Waals surface area contributed by atoms with E-state index in [9.17, 15) is 0 Å². The Morgan fingerprint density at radius 2 is 2.04 bits per heavy atom. The van der Waals surface area contributed by atoms with Crippen molar-refractivity contribution in [3.8, 4) is 5.75 Å². The largest absolute Gasteiger partial charge is 0.496 e. The molecule has 23 heavy (non-hydrogen) atoms. The van der Waals surface area contributed by atoms with E-state index in [1.54, 1.807) is 18.9 Å². The minimum atomic E-state index is 0.573. The highest BCUT2D eigenvalue weighted by atomic mass is 79.9. The quantitative estimate of drug-likeness (QED) is 0.655. The van der Waals surface area contributed by atoms with Gasteiger partial charge in [-0.15, -0.1) is 10.2 Å². The van der Waals surface area contributed by atoms with Gasteiger partial charge in [-0.2, -0.15) is 0 Å². The molecule has 0 unspecified atom stereocenters. The fourth-order valence-corrected chi connectivity index (χ4v) is 4.74. The summed E-state index contributed by atoms with van der Waals surface area (Å²) in [6.07, 6.45) is 6.50. The van der Waals surface area contributed by atoms with Crippen LogP contribution in [0.4, 0.5) is 0 Å². The number of ether oxygens (including phenoxy) is 1. The van der Waals surface area contributed by atoms with Gasteiger partial charge in [0.2, 0.25) is 0 Å². The van der Waals surface area contributed by atoms with Crippen LogP contribution in [0, 0.1) is 6.92 Å². The highest BCUT2D eigenvalue weighted by molar-refractivity contribution is 9.10. The Hall–Kier alpha value is -1.01. The smallest absolute Gasteiger partial charge is 0.191 e. The third-order valence-electron chi connectivity index (χ3n) is 4.36. The second-order valence-electron chi connectivity index (χ2n) is 5.95. The molecule has 4 nitrogen and oxygen atoms in total. The van der Waals surface area contributed by atoms with Gasteiger partial charge in [-0.3, -0.25) is 0 Å². The lowest BCUT2D eigenvalue weighted by Gasteiger charge is -2.25. The second-order valence-corrected chi connectivity index (χ2v) is 7.75. The van der Waals surface area contributed by atoms with Crippen molar-refractivity contribution >= 4 is 27.7 Å². The number of rotatable bonds is 5. The molecule has 6 heteroatoms. The van der Waals surface area contributed by atoms with Gasteiger partial charge in [0, 0.05) is 11.8 Å². The number of aryl methyl sites for hydroxylation is 1. The van der Waals surface area contributed by atoms with E-state index in [-0.39, 0.29) is 0 Å². The predicted octanol–water partition coefficient (Wildman–Crippen LogP) is 5.16. The molecule has 1 heterocycles. The van der Waals surface area contributed by atoms with E-state index in [0.717, 1.165) is 27.0 Å². The minimum Gasteiger partial charge on any atom is -0.496 e. The van der Waals surface area contributed by atoms with Crippen LogP contribution in [0.1, 0.15) is 49.5 Å². The van der Waals surface area contributed by atoms with Crippen molar-refractivity contribution in [3.63, 3.8) is 0 Å². The third kappa shape index (κ3) is 3.91. The first kappa shape index (κ1) is 16.8. The number of halogens is 1. The van der Waals surface area contributed by atoms with E-state index in [1.807, 2.05) is 6.07 Å². The lowest BCUT2D eigenvalue weighted by atomic mass is 9.95. The van der Waals surface area contributed by atoms with E-state index >= 15 is 0 Å². The highest BCUT2D eigenvalue weighted by Gasteiger charge is 2.21. The summed E-state index contributed by atoms with van der Waals surface area (Å²) in [5, 5.41) is 9.76. The summed E-state index contributed by atoms with van der Waals surface area (Å²) in [6, 6.07) is 6.78. The normalized spacial score (nSPS) is 15.8. The molecule has 0 N–H and O–H groups in total. The van der Waals surface area contributed by atoms with Gasteiger partial charge in [0.05, 0.1) is 11.6 Å². The van der Waals surface area contributed by atoms with Crippen molar-refractivity contribution in [3.05, 3.63) is 34.1 Å². The molecule has 124 valence electrons. The van der Waals surface area contributed by atoms with Gasteiger partial charge >= 0.3 is 0 Å². The van der Waals surface area contributed by atoms with Crippen molar-refractivity contribution in [1.29, 1.82) is 0 Å². The Morgan fingerprint density at radius 1 is 1.26 bits per heavy atom. The number of benzene rings is 1. The van der Waals surface area contributed by atoms with E-state index < -0.39 is 0 Å². The lowest BCUT2D eigenvalue weighted by Crippen LogP contribution is -2.15. The molecule has 1 aromatic carbocycles. The zero-order chi connectivity index (χ0) is 16.2. The van der Waals surface area contributed by atoms with Crippen LogP contribution in [0.5, 0.6) is 5.75 Å². The number of hydrogen-bond acceptors (Lipinski definition) is 4. The molecule has 0 radical (unpaired) electrons. The SMILES string of the molecule is COc1ccc(CSc2nnc(C)n2C2CCCCC2)cc1Br. The lowest BCUT2D eigenvalue weighted by molar-refractivity contribution is 0.332. The molecular formula is C17H22BrN3OS. The van der Waals surface area contributed by atoms with Gasteiger partial charge in [0.15, 0.2) is 5.16 Å². The minimum absolute atomic E-state index is 0.573. The molecule has 0 saturated heterocycles. The summed E-state index contributed by atoms with van der Waals surface area (Å²) in [4.78, 5) is 0. The summed E-state index contributed by atoms with van der Waals surface area (Å²) in [5.74, 6) is 2.78. The first-order valence-electron chi connectivity index (χ1n) is 8.05. The van der Waals surface area contributed by atoms with Gasteiger partial charge < -0.3 is 9.30 Å². The van der Waals surface area contributed by atoms with E-state index in [4.69, 9.17) is 4.74 Å². The van der Waals surface area contributed by atoms with Gasteiger partial charge in [-0.1, -0.05) is 37.1 Å². The van der Waals surface area contributed by atoms with Crippen LogP contribution in [0.2, 0.25) is 0 Å². The summed E-state index contributed by atoms with van der Waals surface area (Å²) >= 11 is 5.31. The molecule has 1 aromatic heterocycles. The standard InChI is InChI=1S/C17H22BrN3OS/c1-12-19-20-17(21(12)14-6-4-3-5-7-14)23-11-13-8-9-16(22-2)15(18)10-13/h8-10,14H,3-7,11H2,1-2H3. The maximum atomic E-state index is 5.28. The maximum Gasteiger partial charge on any atom is 0.191 e. The fourth-order valence-electron chi connectivity index (χ4n) is 3.16. The third-order valence-corrected chi connectivity index (χ3v) is 5.99. The number of thioether (sulfide) groups is 1. The van der Waals surface area contributed by atoms with Crippen LogP contribution in [-0.2, 0) is 5.75 Å². The Bertz CT molecular complexity index is 668. The topological polar surface area (TPSA) is 39.9 Å². The van der Waals surface area contributed by atoms with Gasteiger partial charge in [-0.25, -0.2) is 0 Å². The Kier molecular flexibility index (Phi) is 5.64. The summed E-state index contributed by atoms with van der Waals surface area (Å²) in [6.45, 7) is 2.07. The molecular weight excluding hydrogens is 374 g/mol. The van der Waals surface area contributed by atoms with Crippen LogP contribution in [0.15, 0.2) is 27.8 Å². The molecule has 2 aromatic rings. The second kappa shape index (κ2) is 7.71. The monoisotopic (exact) mass is 395 g/mol. The van der Waals surface area contributed by atoms with Crippen LogP contribution < -0.4 is 4.74 Å². The average Bonchev–Trinajstić information content (AvgIpc) is 2.94. The maximum absolute atomic E-state index is 5.28. The van der Waals surface area contributed by atoms with Crippen LogP contribution in [0.25, 0.3) is 0 Å². The van der Waals surface area contributed by atoms with Crippen molar-refractivity contribution in [1.82, 2.24) is 14.8 Å². The van der Waals surface area contributed by atoms with Crippen molar-refractivity contribution in [2.75, 3.05) is 7.11 Å². The van der Waals surface area contributed by atoms with E-state index in [2.05, 4.69) is 49.8 Å². The van der Waals surface area contributed by atoms with E-state index in [0.29, 0.717) is 6.04 Å². The Morgan fingerprint density at radius 3 is 2.74 bits per heavy atom. The zero-order valence-corrected chi connectivity index (χ0v) is 16.0. The molecule has 3 rings (SSSR count). The Labute approximate surface area is 150 Å². The van der Waals surface area contributed by atoms with Crippen LogP contribution in [-0.4, -0.2) is 21.9 Å². The molecule has 1 aliphatic carbocycles. The molecule has 1 fully saturated rings. The molecule has 1 aliphatic rings. The van der Waals surface area contributed by atoms with Crippen molar-refractivity contribution in [2.45, 2.75) is 56.0 Å². The molecule has 0 bridgehead atoms. The first-order valence-corrected chi connectivity index (χ1v) is 9.83. The summed E-state index contributed by atoms with van der Waals surface area (Å²) in [7, 11) is 1.68. The molecule has 0 aliphatic heterocycles. The van der Waals surface area contributed by atoms with Gasteiger partial charge in [-0.05, 0) is 53.4 Å². The number of aromatic nitrogens is 3. The van der Waals surface area contributed by atoms with E-state index in [1.165, 1.54) is 37.7 Å². The van der Waals surface area contributed by atoms with Crippen LogP contribution >= 0.6 is 27.7 Å². The number of methoxy groups -OCH3 is 1. The first-order chi connectivity index (χ1) is 11.2. The van der Waals surface area contributed by atoms with Crippen molar-refractivity contribution < 1.29 is 4.74 Å². The van der Waals surface area contributed by atoms with Gasteiger partial charge in [0.1, 0.15) is 11.6 Å². The summed E-state index contributed by atoms with van der Waals surface area (Å²) in [5.41, 5.74) is 1.25. The van der Waals surface area contributed by atoms with Crippen molar-refractivity contribution in [2.24, 2.45) is 0 Å². The average molecular weight is 396 g/mol. The van der Waals surface area contributed by atoms with Crippen LogP contribution in [0.3, 0.4) is 0 Å². The molecule has 0 amide bonds. The molecule has 0 atom stereocenters. The number of nitrogens with zero attached hydrogens (tertiary/aromatic N) is 3. The highest BCUT2D eigenvalue weighted by Crippen LogP contribution is 2.34. The molecule has 1 saturated carbocycles. The number of hydrogen-bond donors (Lipinski definition) is 0. The zero-order valence-electron chi connectivity index (χ0n) is 13.6. The summed E-state index contributed by atoms with van der Waals surface area (Å²) < 4.78 is 8.62. The van der Waals surface area contributed by atoms with Gasteiger partial charge in [0.25, 0.3) is 0 Å².